The molecule has 0 atom stereocenters. The number of ether oxygens (including phenoxy) is 2. The van der Waals surface area contributed by atoms with Crippen LogP contribution >= 0.6 is 0 Å². The van der Waals surface area contributed by atoms with Crippen molar-refractivity contribution in [2.75, 3.05) is 7.11 Å². The molecule has 0 saturated heterocycles. The van der Waals surface area contributed by atoms with Gasteiger partial charge in [0.2, 0.25) is 0 Å². The summed E-state index contributed by atoms with van der Waals surface area (Å²) in [5, 5.41) is 9.55. The van der Waals surface area contributed by atoms with E-state index in [2.05, 4.69) is 12.1 Å². The summed E-state index contributed by atoms with van der Waals surface area (Å²) in [5.74, 6) is 1.57. The summed E-state index contributed by atoms with van der Waals surface area (Å²) in [6, 6.07) is 14.3. The zero-order valence-corrected chi connectivity index (χ0v) is 14.3. The summed E-state index contributed by atoms with van der Waals surface area (Å²) in [6.45, 7) is 0. The highest BCUT2D eigenvalue weighted by molar-refractivity contribution is 6.47. The van der Waals surface area contributed by atoms with E-state index in [0.717, 1.165) is 46.6 Å². The summed E-state index contributed by atoms with van der Waals surface area (Å²) in [5.41, 5.74) is 4.25. The maximum Gasteiger partial charge on any atom is 0.526 e. The predicted molar refractivity (Wildman–Crippen MR) is 98.5 cm³/mol. The zero-order chi connectivity index (χ0) is 17.2. The minimum atomic E-state index is -0.734. The van der Waals surface area contributed by atoms with Gasteiger partial charge in [0.1, 0.15) is 0 Å². The molecule has 1 aliphatic carbocycles. The monoisotopic (exact) mass is 336 g/mol. The lowest BCUT2D eigenvalue weighted by atomic mass is 9.81. The zero-order valence-electron chi connectivity index (χ0n) is 14.3. The standard InChI is InChI=1S/C20H21BO4/c1-23-19-9-8-16(11-20(19)25-18-6-3-7-18)14-4-2-5-15(10-14)17-12-21(22)24-13-17/h2,4-5,8-11,13,18,22H,3,6-7,12H2,1H3. The maximum absolute atomic E-state index is 9.55. The lowest BCUT2D eigenvalue weighted by Crippen LogP contribution is -2.24. The minimum absolute atomic E-state index is 0.303. The number of hydrogen-bond acceptors (Lipinski definition) is 4. The van der Waals surface area contributed by atoms with E-state index >= 15 is 0 Å². The molecule has 2 aromatic rings. The third-order valence-electron chi connectivity index (χ3n) is 4.84. The first kappa shape index (κ1) is 16.1. The van der Waals surface area contributed by atoms with Gasteiger partial charge < -0.3 is 19.2 Å². The predicted octanol–water partition coefficient (Wildman–Crippen LogP) is 4.15. The van der Waals surface area contributed by atoms with E-state index < -0.39 is 7.12 Å². The largest absolute Gasteiger partial charge is 0.542 e. The highest BCUT2D eigenvalue weighted by Gasteiger charge is 2.24. The number of rotatable bonds is 5. The molecule has 1 heterocycles. The molecule has 0 aromatic heterocycles. The molecule has 0 amide bonds. The molecule has 2 aliphatic rings. The number of allylic oxidation sites excluding steroid dienone is 1. The van der Waals surface area contributed by atoms with E-state index in [4.69, 9.17) is 14.1 Å². The molecular formula is C20H21BO4. The fraction of sp³-hybridized carbons (Fsp3) is 0.300. The first-order valence-corrected chi connectivity index (χ1v) is 8.71. The molecule has 4 rings (SSSR count). The van der Waals surface area contributed by atoms with Crippen LogP contribution in [0.5, 0.6) is 11.5 Å². The van der Waals surface area contributed by atoms with Crippen molar-refractivity contribution in [3.63, 3.8) is 0 Å². The smallest absolute Gasteiger partial charge is 0.526 e. The summed E-state index contributed by atoms with van der Waals surface area (Å²) < 4.78 is 16.7. The van der Waals surface area contributed by atoms with Gasteiger partial charge in [0.05, 0.1) is 19.5 Å². The fourth-order valence-electron chi connectivity index (χ4n) is 3.15. The van der Waals surface area contributed by atoms with Gasteiger partial charge in [-0.25, -0.2) is 0 Å². The molecule has 0 radical (unpaired) electrons. The Balaban J connectivity index is 1.63. The third-order valence-corrected chi connectivity index (χ3v) is 4.84. The Kier molecular flexibility index (Phi) is 4.41. The van der Waals surface area contributed by atoms with E-state index in [1.165, 1.54) is 6.42 Å². The topological polar surface area (TPSA) is 47.9 Å². The Bertz CT molecular complexity index is 798. The highest BCUT2D eigenvalue weighted by Crippen LogP contribution is 2.37. The highest BCUT2D eigenvalue weighted by atomic mass is 16.5. The Hall–Kier alpha value is -2.40. The Morgan fingerprint density at radius 3 is 2.52 bits per heavy atom. The average molecular weight is 336 g/mol. The molecule has 5 heteroatoms. The first-order valence-electron chi connectivity index (χ1n) is 8.71. The Morgan fingerprint density at radius 1 is 1.04 bits per heavy atom. The SMILES string of the molecule is COc1ccc(-c2cccc(C3=COB(O)C3)c2)cc1OC1CCC1. The van der Waals surface area contributed by atoms with Crippen molar-refractivity contribution in [3.05, 3.63) is 54.3 Å². The van der Waals surface area contributed by atoms with Crippen LogP contribution in [0.4, 0.5) is 0 Å². The van der Waals surface area contributed by atoms with Crippen LogP contribution in [0.2, 0.25) is 6.32 Å². The van der Waals surface area contributed by atoms with Gasteiger partial charge in [-0.15, -0.1) is 0 Å². The Morgan fingerprint density at radius 2 is 1.84 bits per heavy atom. The average Bonchev–Trinajstić information content (AvgIpc) is 3.04. The molecular weight excluding hydrogens is 315 g/mol. The third kappa shape index (κ3) is 3.37. The van der Waals surface area contributed by atoms with Gasteiger partial charge in [-0.2, -0.15) is 0 Å². The second-order valence-electron chi connectivity index (χ2n) is 6.56. The van der Waals surface area contributed by atoms with Gasteiger partial charge in [-0.3, -0.25) is 0 Å². The van der Waals surface area contributed by atoms with E-state index in [1.807, 2.05) is 30.3 Å². The summed E-state index contributed by atoms with van der Waals surface area (Å²) in [4.78, 5) is 0. The van der Waals surface area contributed by atoms with Crippen molar-refractivity contribution in [1.29, 1.82) is 0 Å². The van der Waals surface area contributed by atoms with Crippen LogP contribution in [-0.2, 0) is 4.65 Å². The van der Waals surface area contributed by atoms with Crippen LogP contribution in [0, 0.1) is 0 Å². The summed E-state index contributed by atoms with van der Waals surface area (Å²) in [7, 11) is 0.934. The van der Waals surface area contributed by atoms with E-state index in [0.29, 0.717) is 12.4 Å². The van der Waals surface area contributed by atoms with Crippen molar-refractivity contribution >= 4 is 12.7 Å². The molecule has 0 bridgehead atoms. The minimum Gasteiger partial charge on any atom is -0.542 e. The quantitative estimate of drug-likeness (QED) is 0.834. The van der Waals surface area contributed by atoms with Crippen LogP contribution < -0.4 is 9.47 Å². The molecule has 128 valence electrons. The molecule has 0 spiro atoms. The molecule has 1 N–H and O–H groups in total. The van der Waals surface area contributed by atoms with Gasteiger partial charge in [-0.1, -0.05) is 24.3 Å². The number of benzene rings is 2. The van der Waals surface area contributed by atoms with E-state index in [1.54, 1.807) is 13.4 Å². The first-order chi connectivity index (χ1) is 12.2. The fourth-order valence-corrected chi connectivity index (χ4v) is 3.15. The second-order valence-corrected chi connectivity index (χ2v) is 6.56. The number of hydrogen-bond donors (Lipinski definition) is 1. The molecule has 1 fully saturated rings. The molecule has 0 unspecified atom stereocenters. The van der Waals surface area contributed by atoms with Gasteiger partial charge in [0.15, 0.2) is 11.5 Å². The van der Waals surface area contributed by atoms with Crippen molar-refractivity contribution in [2.24, 2.45) is 0 Å². The summed E-state index contributed by atoms with van der Waals surface area (Å²) in [6.07, 6.45) is 5.92. The van der Waals surface area contributed by atoms with Gasteiger partial charge in [0, 0.05) is 6.32 Å². The molecule has 1 aliphatic heterocycles. The number of methoxy groups -OCH3 is 1. The van der Waals surface area contributed by atoms with Crippen LogP contribution in [0.15, 0.2) is 48.7 Å². The molecule has 25 heavy (non-hydrogen) atoms. The van der Waals surface area contributed by atoms with Gasteiger partial charge >= 0.3 is 7.12 Å². The van der Waals surface area contributed by atoms with Crippen molar-refractivity contribution < 1.29 is 19.2 Å². The lowest BCUT2D eigenvalue weighted by Gasteiger charge is -2.27. The van der Waals surface area contributed by atoms with Crippen molar-refractivity contribution in [2.45, 2.75) is 31.7 Å². The van der Waals surface area contributed by atoms with Gasteiger partial charge in [0.25, 0.3) is 0 Å². The second kappa shape index (κ2) is 6.85. The molecule has 1 saturated carbocycles. The van der Waals surface area contributed by atoms with Crippen molar-refractivity contribution in [1.82, 2.24) is 0 Å². The van der Waals surface area contributed by atoms with E-state index in [9.17, 15) is 5.02 Å². The normalized spacial score (nSPS) is 16.9. The maximum atomic E-state index is 9.55. The molecule has 2 aromatic carbocycles. The van der Waals surface area contributed by atoms with Gasteiger partial charge in [-0.05, 0) is 59.7 Å². The van der Waals surface area contributed by atoms with Crippen LogP contribution in [0.25, 0.3) is 16.7 Å². The summed E-state index contributed by atoms with van der Waals surface area (Å²) >= 11 is 0. The van der Waals surface area contributed by atoms with Crippen LogP contribution in [-0.4, -0.2) is 25.4 Å². The van der Waals surface area contributed by atoms with Crippen LogP contribution in [0.3, 0.4) is 0 Å². The van der Waals surface area contributed by atoms with Crippen LogP contribution in [0.1, 0.15) is 24.8 Å². The van der Waals surface area contributed by atoms with Crippen molar-refractivity contribution in [3.8, 4) is 22.6 Å². The van der Waals surface area contributed by atoms with E-state index in [-0.39, 0.29) is 0 Å². The Labute approximate surface area is 148 Å². The molecule has 4 nitrogen and oxygen atoms in total. The lowest BCUT2D eigenvalue weighted by molar-refractivity contribution is 0.116.